The minimum atomic E-state index is -0.384. The zero-order valence-corrected chi connectivity index (χ0v) is 9.26. The number of benzene rings is 1. The number of ether oxygens (including phenoxy) is 1. The summed E-state index contributed by atoms with van der Waals surface area (Å²) in [6.45, 7) is -0.124. The highest BCUT2D eigenvalue weighted by molar-refractivity contribution is 9.10. The molecule has 14 heavy (non-hydrogen) atoms. The van der Waals surface area contributed by atoms with Crippen LogP contribution in [0.1, 0.15) is 12.0 Å². The lowest BCUT2D eigenvalue weighted by Crippen LogP contribution is -2.01. The Labute approximate surface area is 90.8 Å². The van der Waals surface area contributed by atoms with E-state index in [1.54, 1.807) is 12.1 Å². The lowest BCUT2D eigenvalue weighted by molar-refractivity contribution is 0.256. The van der Waals surface area contributed by atoms with Crippen LogP contribution in [0.4, 0.5) is 4.39 Å². The minimum Gasteiger partial charge on any atom is -0.493 e. The summed E-state index contributed by atoms with van der Waals surface area (Å²) in [5.41, 5.74) is 0.707. The first kappa shape index (κ1) is 11.5. The zero-order valence-electron chi connectivity index (χ0n) is 7.67. The highest BCUT2D eigenvalue weighted by Crippen LogP contribution is 2.23. The first-order valence-electron chi connectivity index (χ1n) is 4.36. The highest BCUT2D eigenvalue weighted by Gasteiger charge is 2.02. The van der Waals surface area contributed by atoms with Gasteiger partial charge in [-0.2, -0.15) is 0 Å². The SMILES string of the molecule is OCc1cc(Br)ccc1OCCCF. The summed E-state index contributed by atoms with van der Waals surface area (Å²) in [5.74, 6) is 0.615. The predicted octanol–water partition coefficient (Wildman–Crippen LogP) is 2.68. The van der Waals surface area contributed by atoms with E-state index in [2.05, 4.69) is 15.9 Å². The molecule has 0 saturated heterocycles. The summed E-state index contributed by atoms with van der Waals surface area (Å²) in [7, 11) is 0. The van der Waals surface area contributed by atoms with Gasteiger partial charge >= 0.3 is 0 Å². The fourth-order valence-electron chi connectivity index (χ4n) is 1.05. The monoisotopic (exact) mass is 262 g/mol. The zero-order chi connectivity index (χ0) is 10.4. The van der Waals surface area contributed by atoms with Crippen molar-refractivity contribution in [2.45, 2.75) is 13.0 Å². The van der Waals surface area contributed by atoms with E-state index in [1.165, 1.54) is 0 Å². The van der Waals surface area contributed by atoms with E-state index >= 15 is 0 Å². The van der Waals surface area contributed by atoms with E-state index < -0.39 is 0 Å². The van der Waals surface area contributed by atoms with Crippen molar-refractivity contribution in [1.29, 1.82) is 0 Å². The van der Waals surface area contributed by atoms with Gasteiger partial charge in [0.05, 0.1) is 19.9 Å². The van der Waals surface area contributed by atoms with Crippen LogP contribution in [0.5, 0.6) is 5.75 Å². The number of hydrogen-bond acceptors (Lipinski definition) is 2. The molecule has 0 spiro atoms. The van der Waals surface area contributed by atoms with Crippen molar-refractivity contribution in [3.05, 3.63) is 28.2 Å². The third kappa shape index (κ3) is 3.27. The molecule has 2 nitrogen and oxygen atoms in total. The Hall–Kier alpha value is -0.610. The van der Waals surface area contributed by atoms with Crippen LogP contribution in [-0.2, 0) is 6.61 Å². The molecule has 1 N–H and O–H groups in total. The molecule has 0 aliphatic carbocycles. The summed E-state index contributed by atoms with van der Waals surface area (Å²) in [5, 5.41) is 9.02. The minimum absolute atomic E-state index is 0.0790. The van der Waals surface area contributed by atoms with Crippen molar-refractivity contribution in [3.8, 4) is 5.75 Å². The van der Waals surface area contributed by atoms with Crippen molar-refractivity contribution in [1.82, 2.24) is 0 Å². The van der Waals surface area contributed by atoms with Crippen molar-refractivity contribution in [3.63, 3.8) is 0 Å². The van der Waals surface area contributed by atoms with Crippen LogP contribution < -0.4 is 4.74 Å². The molecule has 78 valence electrons. The van der Waals surface area contributed by atoms with Gasteiger partial charge in [0.25, 0.3) is 0 Å². The number of halogens is 2. The maximum absolute atomic E-state index is 11.8. The van der Waals surface area contributed by atoms with Crippen LogP contribution in [0.25, 0.3) is 0 Å². The summed E-state index contributed by atoms with van der Waals surface area (Å²) in [6.07, 6.45) is 0.376. The smallest absolute Gasteiger partial charge is 0.124 e. The second-order valence-corrected chi connectivity index (χ2v) is 3.72. The molecule has 0 aliphatic rings. The fraction of sp³-hybridized carbons (Fsp3) is 0.400. The van der Waals surface area contributed by atoms with Gasteiger partial charge in [0.1, 0.15) is 5.75 Å². The number of hydrogen-bond donors (Lipinski definition) is 1. The molecular weight excluding hydrogens is 251 g/mol. The molecule has 1 rings (SSSR count). The van der Waals surface area contributed by atoms with Gasteiger partial charge in [-0.15, -0.1) is 0 Å². The Bertz CT molecular complexity index is 291. The standard InChI is InChI=1S/C10H12BrFO2/c11-9-2-3-10(8(6-9)7-13)14-5-1-4-12/h2-3,6,13H,1,4-5,7H2. The van der Waals surface area contributed by atoms with Crippen molar-refractivity contribution >= 4 is 15.9 Å². The van der Waals surface area contributed by atoms with Gasteiger partial charge in [-0.3, -0.25) is 4.39 Å². The van der Waals surface area contributed by atoms with Gasteiger partial charge in [-0.05, 0) is 18.2 Å². The van der Waals surface area contributed by atoms with Crippen molar-refractivity contribution in [2.75, 3.05) is 13.3 Å². The Balaban J connectivity index is 2.65. The van der Waals surface area contributed by atoms with Crippen LogP contribution in [0, 0.1) is 0 Å². The number of aliphatic hydroxyl groups is 1. The summed E-state index contributed by atoms with van der Waals surface area (Å²) < 4.78 is 18.0. The second-order valence-electron chi connectivity index (χ2n) is 2.80. The molecule has 0 heterocycles. The quantitative estimate of drug-likeness (QED) is 0.827. The lowest BCUT2D eigenvalue weighted by atomic mass is 10.2. The molecular formula is C10H12BrFO2. The molecule has 0 fully saturated rings. The average molecular weight is 263 g/mol. The maximum Gasteiger partial charge on any atom is 0.124 e. The van der Waals surface area contributed by atoms with E-state index in [4.69, 9.17) is 9.84 Å². The van der Waals surface area contributed by atoms with Gasteiger partial charge < -0.3 is 9.84 Å². The summed E-state index contributed by atoms with van der Waals surface area (Å²) in [6, 6.07) is 5.36. The summed E-state index contributed by atoms with van der Waals surface area (Å²) >= 11 is 3.29. The Morgan fingerprint density at radius 2 is 2.21 bits per heavy atom. The molecule has 0 atom stereocenters. The highest BCUT2D eigenvalue weighted by atomic mass is 79.9. The molecule has 0 saturated carbocycles. The fourth-order valence-corrected chi connectivity index (χ4v) is 1.46. The molecule has 0 aliphatic heterocycles. The number of aliphatic hydroxyl groups excluding tert-OH is 1. The van der Waals surface area contributed by atoms with Crippen LogP contribution in [-0.4, -0.2) is 18.4 Å². The van der Waals surface area contributed by atoms with E-state index in [0.29, 0.717) is 24.3 Å². The van der Waals surface area contributed by atoms with Crippen LogP contribution in [0.15, 0.2) is 22.7 Å². The number of rotatable bonds is 5. The van der Waals surface area contributed by atoms with Gasteiger partial charge in [0.15, 0.2) is 0 Å². The molecule has 1 aromatic rings. The largest absolute Gasteiger partial charge is 0.493 e. The van der Waals surface area contributed by atoms with Crippen LogP contribution in [0.3, 0.4) is 0 Å². The van der Waals surface area contributed by atoms with E-state index in [1.807, 2.05) is 6.07 Å². The van der Waals surface area contributed by atoms with E-state index in [9.17, 15) is 4.39 Å². The molecule has 0 bridgehead atoms. The Morgan fingerprint density at radius 1 is 1.43 bits per heavy atom. The number of alkyl halides is 1. The first-order chi connectivity index (χ1) is 6.77. The van der Waals surface area contributed by atoms with Crippen LogP contribution in [0.2, 0.25) is 0 Å². The van der Waals surface area contributed by atoms with Crippen LogP contribution >= 0.6 is 15.9 Å². The molecule has 0 aromatic heterocycles. The average Bonchev–Trinajstić information content (AvgIpc) is 2.20. The topological polar surface area (TPSA) is 29.5 Å². The first-order valence-corrected chi connectivity index (χ1v) is 5.15. The Kier molecular flexibility index (Phi) is 4.90. The third-order valence-electron chi connectivity index (χ3n) is 1.73. The van der Waals surface area contributed by atoms with Gasteiger partial charge in [0.2, 0.25) is 0 Å². The lowest BCUT2D eigenvalue weighted by Gasteiger charge is -2.09. The van der Waals surface area contributed by atoms with Crippen molar-refractivity contribution in [2.24, 2.45) is 0 Å². The van der Waals surface area contributed by atoms with E-state index in [-0.39, 0.29) is 13.3 Å². The summed E-state index contributed by atoms with van der Waals surface area (Å²) in [4.78, 5) is 0. The molecule has 0 amide bonds. The second kappa shape index (κ2) is 5.98. The van der Waals surface area contributed by atoms with Gasteiger partial charge in [0, 0.05) is 16.5 Å². The van der Waals surface area contributed by atoms with E-state index in [0.717, 1.165) is 4.47 Å². The van der Waals surface area contributed by atoms with Gasteiger partial charge in [-0.25, -0.2) is 0 Å². The Morgan fingerprint density at radius 3 is 2.86 bits per heavy atom. The molecule has 0 radical (unpaired) electrons. The predicted molar refractivity (Wildman–Crippen MR) is 56.2 cm³/mol. The normalized spacial score (nSPS) is 10.2. The maximum atomic E-state index is 11.8. The molecule has 0 unspecified atom stereocenters. The third-order valence-corrected chi connectivity index (χ3v) is 2.22. The molecule has 1 aromatic carbocycles. The van der Waals surface area contributed by atoms with Crippen molar-refractivity contribution < 1.29 is 14.2 Å². The van der Waals surface area contributed by atoms with Gasteiger partial charge in [-0.1, -0.05) is 15.9 Å². The molecule has 4 heteroatoms.